The summed E-state index contributed by atoms with van der Waals surface area (Å²) in [5.74, 6) is 2.64. The number of hydrogen-bond acceptors (Lipinski definition) is 5. The molecule has 0 heterocycles. The number of carbonyl (C=O) groups is 1. The largest absolute Gasteiger partial charge is 0.497 e. The summed E-state index contributed by atoms with van der Waals surface area (Å²) in [5.41, 5.74) is 3.47. The molecule has 5 nitrogen and oxygen atoms in total. The fourth-order valence-electron chi connectivity index (χ4n) is 3.37. The van der Waals surface area contributed by atoms with Crippen LogP contribution in [0.2, 0.25) is 0 Å². The van der Waals surface area contributed by atoms with E-state index < -0.39 is 0 Å². The van der Waals surface area contributed by atoms with E-state index >= 15 is 0 Å². The maximum Gasteiger partial charge on any atom is 0.203 e. The zero-order valence-corrected chi connectivity index (χ0v) is 17.7. The minimum absolute atomic E-state index is 0.00855. The molecule has 0 unspecified atom stereocenters. The number of ether oxygens (including phenoxy) is 4. The second-order valence-electron chi connectivity index (χ2n) is 6.75. The van der Waals surface area contributed by atoms with Gasteiger partial charge in [-0.1, -0.05) is 30.3 Å². The molecule has 0 bridgehead atoms. The van der Waals surface area contributed by atoms with Crippen molar-refractivity contribution in [2.24, 2.45) is 0 Å². The van der Waals surface area contributed by atoms with E-state index in [1.165, 1.54) is 0 Å². The lowest BCUT2D eigenvalue weighted by Gasteiger charge is -2.15. The summed E-state index contributed by atoms with van der Waals surface area (Å²) in [6.45, 7) is 0. The molecule has 0 radical (unpaired) electrons. The summed E-state index contributed by atoms with van der Waals surface area (Å²) < 4.78 is 21.5. The van der Waals surface area contributed by atoms with E-state index in [1.807, 2.05) is 36.4 Å². The van der Waals surface area contributed by atoms with Crippen molar-refractivity contribution in [2.75, 3.05) is 28.4 Å². The van der Waals surface area contributed by atoms with Crippen LogP contribution in [0, 0.1) is 0 Å². The number of ketones is 1. The Labute approximate surface area is 177 Å². The number of methoxy groups -OCH3 is 4. The molecule has 0 amide bonds. The van der Waals surface area contributed by atoms with E-state index in [9.17, 15) is 4.79 Å². The molecule has 0 atom stereocenters. The van der Waals surface area contributed by atoms with Gasteiger partial charge in [0.05, 0.1) is 28.4 Å². The molecule has 0 fully saturated rings. The van der Waals surface area contributed by atoms with Crippen molar-refractivity contribution in [3.63, 3.8) is 0 Å². The van der Waals surface area contributed by atoms with Crippen LogP contribution in [0.5, 0.6) is 23.0 Å². The lowest BCUT2D eigenvalue weighted by Crippen LogP contribution is -2.02. The highest BCUT2D eigenvalue weighted by molar-refractivity contribution is 6.09. The SMILES string of the molecule is COc1ccc(C(=O)c2ccc(CCc3ccc(OC)c(OC)c3OC)cc2)cc1. The molecule has 0 N–H and O–H groups in total. The van der Waals surface area contributed by atoms with Crippen molar-refractivity contribution in [3.05, 3.63) is 82.9 Å². The summed E-state index contributed by atoms with van der Waals surface area (Å²) in [6.07, 6.45) is 1.58. The van der Waals surface area contributed by atoms with Crippen LogP contribution >= 0.6 is 0 Å². The standard InChI is InChI=1S/C25H26O5/c1-27-21-14-11-19(12-15-21)23(26)18-8-5-17(6-9-18)7-10-20-13-16-22(28-2)25(30-4)24(20)29-3/h5-6,8-9,11-16H,7,10H2,1-4H3. The van der Waals surface area contributed by atoms with E-state index in [4.69, 9.17) is 18.9 Å². The maximum atomic E-state index is 12.7. The van der Waals surface area contributed by atoms with Gasteiger partial charge in [0, 0.05) is 11.1 Å². The van der Waals surface area contributed by atoms with Crippen molar-refractivity contribution in [3.8, 4) is 23.0 Å². The molecule has 156 valence electrons. The third-order valence-electron chi connectivity index (χ3n) is 5.04. The van der Waals surface area contributed by atoms with E-state index in [-0.39, 0.29) is 5.78 Å². The smallest absolute Gasteiger partial charge is 0.203 e. The molecule has 0 saturated heterocycles. The average molecular weight is 406 g/mol. The Morgan fingerprint density at radius 1 is 0.633 bits per heavy atom. The number of benzene rings is 3. The second-order valence-corrected chi connectivity index (χ2v) is 6.75. The molecule has 0 aromatic heterocycles. The van der Waals surface area contributed by atoms with Crippen LogP contribution in [0.4, 0.5) is 0 Å². The molecule has 0 aliphatic carbocycles. The minimum atomic E-state index is -0.00855. The topological polar surface area (TPSA) is 54.0 Å². The van der Waals surface area contributed by atoms with Crippen molar-refractivity contribution in [1.29, 1.82) is 0 Å². The molecule has 0 saturated carbocycles. The molecule has 3 aromatic rings. The zero-order valence-electron chi connectivity index (χ0n) is 17.7. The van der Waals surface area contributed by atoms with Gasteiger partial charge < -0.3 is 18.9 Å². The quantitative estimate of drug-likeness (QED) is 0.481. The Morgan fingerprint density at radius 3 is 1.77 bits per heavy atom. The fourth-order valence-corrected chi connectivity index (χ4v) is 3.37. The third kappa shape index (κ3) is 4.57. The van der Waals surface area contributed by atoms with Crippen molar-refractivity contribution < 1.29 is 23.7 Å². The van der Waals surface area contributed by atoms with E-state index in [0.29, 0.717) is 28.4 Å². The monoisotopic (exact) mass is 406 g/mol. The van der Waals surface area contributed by atoms with Gasteiger partial charge in [0.25, 0.3) is 0 Å². The normalized spacial score (nSPS) is 10.4. The molecule has 3 aromatic carbocycles. The molecular formula is C25H26O5. The van der Waals surface area contributed by atoms with E-state index in [2.05, 4.69) is 0 Å². The molecule has 5 heteroatoms. The lowest BCUT2D eigenvalue weighted by atomic mass is 9.99. The predicted octanol–water partition coefficient (Wildman–Crippen LogP) is 4.74. The van der Waals surface area contributed by atoms with E-state index in [1.54, 1.807) is 52.7 Å². The molecule has 30 heavy (non-hydrogen) atoms. The lowest BCUT2D eigenvalue weighted by molar-refractivity contribution is 0.103. The Kier molecular flexibility index (Phi) is 6.96. The van der Waals surface area contributed by atoms with Gasteiger partial charge in [-0.2, -0.15) is 0 Å². The summed E-state index contributed by atoms with van der Waals surface area (Å²) >= 11 is 0. The van der Waals surface area contributed by atoms with Crippen LogP contribution in [0.15, 0.2) is 60.7 Å². The molecule has 0 spiro atoms. The van der Waals surface area contributed by atoms with Gasteiger partial charge in [-0.05, 0) is 54.3 Å². The first kappa shape index (κ1) is 21.2. The maximum absolute atomic E-state index is 12.7. The Balaban J connectivity index is 1.71. The minimum Gasteiger partial charge on any atom is -0.497 e. The van der Waals surface area contributed by atoms with Crippen LogP contribution in [-0.2, 0) is 12.8 Å². The Hall–Kier alpha value is -3.47. The van der Waals surface area contributed by atoms with E-state index in [0.717, 1.165) is 29.7 Å². The fraction of sp³-hybridized carbons (Fsp3) is 0.240. The molecule has 0 aliphatic heterocycles. The number of aryl methyl sites for hydroxylation is 2. The van der Waals surface area contributed by atoms with Crippen molar-refractivity contribution >= 4 is 5.78 Å². The highest BCUT2D eigenvalue weighted by Gasteiger charge is 2.16. The van der Waals surface area contributed by atoms with Crippen LogP contribution in [0.25, 0.3) is 0 Å². The molecular weight excluding hydrogens is 380 g/mol. The van der Waals surface area contributed by atoms with Gasteiger partial charge >= 0.3 is 0 Å². The first-order valence-electron chi connectivity index (χ1n) is 9.66. The molecule has 0 aliphatic rings. The van der Waals surface area contributed by atoms with Gasteiger partial charge in [-0.3, -0.25) is 4.79 Å². The van der Waals surface area contributed by atoms with Crippen molar-refractivity contribution in [2.45, 2.75) is 12.8 Å². The van der Waals surface area contributed by atoms with Crippen LogP contribution < -0.4 is 18.9 Å². The molecule has 3 rings (SSSR count). The van der Waals surface area contributed by atoms with Gasteiger partial charge in [0.15, 0.2) is 17.3 Å². The first-order chi connectivity index (χ1) is 14.6. The second kappa shape index (κ2) is 9.83. The van der Waals surface area contributed by atoms with Gasteiger partial charge in [0.1, 0.15) is 5.75 Å². The number of carbonyl (C=O) groups excluding carboxylic acids is 1. The van der Waals surface area contributed by atoms with Gasteiger partial charge in [-0.15, -0.1) is 0 Å². The Morgan fingerprint density at radius 2 is 1.23 bits per heavy atom. The van der Waals surface area contributed by atoms with Crippen LogP contribution in [-0.4, -0.2) is 34.2 Å². The first-order valence-corrected chi connectivity index (χ1v) is 9.66. The third-order valence-corrected chi connectivity index (χ3v) is 5.04. The summed E-state index contributed by atoms with van der Waals surface area (Å²) in [4.78, 5) is 12.7. The average Bonchev–Trinajstić information content (AvgIpc) is 2.81. The summed E-state index contributed by atoms with van der Waals surface area (Å²) in [5, 5.41) is 0. The van der Waals surface area contributed by atoms with Crippen LogP contribution in [0.1, 0.15) is 27.0 Å². The zero-order chi connectivity index (χ0) is 21.5. The summed E-state index contributed by atoms with van der Waals surface area (Å²) in [6, 6.07) is 18.7. The van der Waals surface area contributed by atoms with Gasteiger partial charge in [0.2, 0.25) is 5.75 Å². The predicted molar refractivity (Wildman–Crippen MR) is 116 cm³/mol. The van der Waals surface area contributed by atoms with Gasteiger partial charge in [-0.25, -0.2) is 0 Å². The Bertz CT molecular complexity index is 991. The highest BCUT2D eigenvalue weighted by Crippen LogP contribution is 2.40. The number of hydrogen-bond donors (Lipinski definition) is 0. The summed E-state index contributed by atoms with van der Waals surface area (Å²) in [7, 11) is 6.43. The van der Waals surface area contributed by atoms with Crippen LogP contribution in [0.3, 0.4) is 0 Å². The van der Waals surface area contributed by atoms with Crippen molar-refractivity contribution in [1.82, 2.24) is 0 Å². The highest BCUT2D eigenvalue weighted by atomic mass is 16.5. The number of rotatable bonds is 9.